The smallest absolute Gasteiger partial charge is 0.178 e. The summed E-state index contributed by atoms with van der Waals surface area (Å²) in [6.07, 6.45) is 4.80. The molecule has 2 bridgehead atoms. The van der Waals surface area contributed by atoms with E-state index in [1.54, 1.807) is 34.9 Å². The van der Waals surface area contributed by atoms with Crippen LogP contribution in [0.15, 0.2) is 30.3 Å². The molecule has 0 atom stereocenters. The number of carbonyl (C=O) groups is 1. The second kappa shape index (κ2) is 6.44. The van der Waals surface area contributed by atoms with Crippen LogP contribution in [0.2, 0.25) is 0 Å². The van der Waals surface area contributed by atoms with Gasteiger partial charge in [0.1, 0.15) is 11.8 Å². The van der Waals surface area contributed by atoms with Crippen LogP contribution in [-0.2, 0) is 0 Å². The van der Waals surface area contributed by atoms with Gasteiger partial charge in [0, 0.05) is 29.0 Å². The molecule has 2 fully saturated rings. The van der Waals surface area contributed by atoms with Gasteiger partial charge in [-0.2, -0.15) is 10.5 Å². The lowest BCUT2D eigenvalue weighted by atomic mass is 10.0. The van der Waals surface area contributed by atoms with Crippen LogP contribution in [0.25, 0.3) is 5.69 Å². The zero-order valence-corrected chi connectivity index (χ0v) is 14.8. The summed E-state index contributed by atoms with van der Waals surface area (Å²) < 4.78 is 1.80. The van der Waals surface area contributed by atoms with Crippen LogP contribution in [-0.4, -0.2) is 33.9 Å². The maximum Gasteiger partial charge on any atom is 0.178 e. The van der Waals surface area contributed by atoms with E-state index in [1.165, 1.54) is 25.7 Å². The first-order valence-electron chi connectivity index (χ1n) is 9.04. The van der Waals surface area contributed by atoms with Gasteiger partial charge in [-0.1, -0.05) is 0 Å². The molecule has 2 aliphatic heterocycles. The number of ketones is 1. The van der Waals surface area contributed by atoms with Gasteiger partial charge in [-0.05, 0) is 62.9 Å². The van der Waals surface area contributed by atoms with Crippen LogP contribution in [0.5, 0.6) is 0 Å². The molecular formula is C21H20N4O. The van der Waals surface area contributed by atoms with Gasteiger partial charge in [0.05, 0.1) is 18.2 Å². The molecular weight excluding hydrogens is 324 g/mol. The van der Waals surface area contributed by atoms with E-state index in [2.05, 4.69) is 17.0 Å². The van der Waals surface area contributed by atoms with Crippen molar-refractivity contribution >= 4 is 5.78 Å². The minimum atomic E-state index is 0.0881. The highest BCUT2D eigenvalue weighted by molar-refractivity contribution is 5.99. The fourth-order valence-electron chi connectivity index (χ4n) is 4.52. The second-order valence-electron chi connectivity index (χ2n) is 7.19. The summed E-state index contributed by atoms with van der Waals surface area (Å²) in [5.74, 6) is 0.0881. The summed E-state index contributed by atoms with van der Waals surface area (Å²) in [5, 5.41) is 18.5. The fraction of sp³-hybridized carbons (Fsp3) is 0.381. The highest BCUT2D eigenvalue weighted by atomic mass is 16.1. The SMILES string of the molecule is Cc1c(C(=O)CN2C3CCC2CC3)cc(C#N)n1-c1ccc(C#N)cc1. The van der Waals surface area contributed by atoms with Crippen molar-refractivity contribution in [2.75, 3.05) is 6.54 Å². The highest BCUT2D eigenvalue weighted by Gasteiger charge is 2.40. The Morgan fingerprint density at radius 3 is 2.23 bits per heavy atom. The first-order chi connectivity index (χ1) is 12.6. The molecule has 1 aromatic carbocycles. The molecule has 5 nitrogen and oxygen atoms in total. The van der Waals surface area contributed by atoms with Gasteiger partial charge < -0.3 is 4.57 Å². The largest absolute Gasteiger partial charge is 0.305 e. The average molecular weight is 344 g/mol. The van der Waals surface area contributed by atoms with Gasteiger partial charge >= 0.3 is 0 Å². The predicted octanol–water partition coefficient (Wildman–Crippen LogP) is 3.34. The zero-order chi connectivity index (χ0) is 18.3. The van der Waals surface area contributed by atoms with Crippen LogP contribution in [0, 0.1) is 29.6 Å². The normalized spacial score (nSPS) is 21.5. The minimum Gasteiger partial charge on any atom is -0.305 e. The van der Waals surface area contributed by atoms with Gasteiger partial charge in [0.15, 0.2) is 5.78 Å². The van der Waals surface area contributed by atoms with Crippen molar-refractivity contribution < 1.29 is 4.79 Å². The fourth-order valence-corrected chi connectivity index (χ4v) is 4.52. The lowest BCUT2D eigenvalue weighted by molar-refractivity contribution is 0.0917. The van der Waals surface area contributed by atoms with E-state index in [0.717, 1.165) is 11.4 Å². The number of hydrogen-bond acceptors (Lipinski definition) is 4. The van der Waals surface area contributed by atoms with Crippen LogP contribution in [0.1, 0.15) is 53.0 Å². The van der Waals surface area contributed by atoms with Crippen molar-refractivity contribution in [2.45, 2.75) is 44.7 Å². The second-order valence-corrected chi connectivity index (χ2v) is 7.19. The first kappa shape index (κ1) is 16.6. The predicted molar refractivity (Wildman–Crippen MR) is 97.0 cm³/mol. The van der Waals surface area contributed by atoms with Gasteiger partial charge in [-0.15, -0.1) is 0 Å². The van der Waals surface area contributed by atoms with Crippen molar-refractivity contribution in [3.8, 4) is 17.8 Å². The van der Waals surface area contributed by atoms with Crippen LogP contribution < -0.4 is 0 Å². The third-order valence-electron chi connectivity index (χ3n) is 5.85. The molecule has 0 radical (unpaired) electrons. The Morgan fingerprint density at radius 1 is 1.08 bits per heavy atom. The Balaban J connectivity index is 1.65. The van der Waals surface area contributed by atoms with E-state index in [9.17, 15) is 10.1 Å². The Bertz CT molecular complexity index is 922. The average Bonchev–Trinajstić information content (AvgIpc) is 3.34. The highest BCUT2D eigenvalue weighted by Crippen LogP contribution is 2.37. The third kappa shape index (κ3) is 2.62. The molecule has 26 heavy (non-hydrogen) atoms. The number of hydrogen-bond donors (Lipinski definition) is 0. The standard InChI is InChI=1S/C21H20N4O/c1-14-20(21(26)13-24-16-6-7-17(24)9-8-16)10-19(12-23)25(14)18-4-2-15(11-22)3-5-18/h2-5,10,16-17H,6-9,13H2,1H3. The molecule has 4 rings (SSSR count). The van der Waals surface area contributed by atoms with Gasteiger partial charge in [-0.25, -0.2) is 0 Å². The summed E-state index contributed by atoms with van der Waals surface area (Å²) in [6.45, 7) is 2.32. The van der Waals surface area contributed by atoms with E-state index in [4.69, 9.17) is 5.26 Å². The maximum atomic E-state index is 12.9. The molecule has 0 aliphatic carbocycles. The van der Waals surface area contributed by atoms with Gasteiger partial charge in [-0.3, -0.25) is 9.69 Å². The molecule has 2 aromatic rings. The summed E-state index contributed by atoms with van der Waals surface area (Å²) in [6, 6.07) is 14.2. The molecule has 130 valence electrons. The Hall–Kier alpha value is -2.89. The number of carbonyl (C=O) groups excluding carboxylic acids is 1. The van der Waals surface area contributed by atoms with E-state index in [1.807, 2.05) is 6.92 Å². The monoisotopic (exact) mass is 344 g/mol. The minimum absolute atomic E-state index is 0.0881. The van der Waals surface area contributed by atoms with Crippen molar-refractivity contribution in [2.24, 2.45) is 0 Å². The quantitative estimate of drug-likeness (QED) is 0.798. The number of benzene rings is 1. The molecule has 0 spiro atoms. The van der Waals surface area contributed by atoms with E-state index in [-0.39, 0.29) is 5.78 Å². The molecule has 5 heteroatoms. The van der Waals surface area contributed by atoms with Crippen molar-refractivity contribution in [3.63, 3.8) is 0 Å². The summed E-state index contributed by atoms with van der Waals surface area (Å²) in [4.78, 5) is 15.3. The molecule has 0 amide bonds. The van der Waals surface area contributed by atoms with E-state index >= 15 is 0 Å². The van der Waals surface area contributed by atoms with Gasteiger partial charge in [0.2, 0.25) is 0 Å². The Labute approximate surface area is 153 Å². The third-order valence-corrected chi connectivity index (χ3v) is 5.85. The summed E-state index contributed by atoms with van der Waals surface area (Å²) in [5.41, 5.74) is 3.20. The lowest BCUT2D eigenvalue weighted by Gasteiger charge is -2.20. The summed E-state index contributed by atoms with van der Waals surface area (Å²) in [7, 11) is 0. The molecule has 2 aliphatic rings. The number of nitrogens with zero attached hydrogens (tertiary/aromatic N) is 4. The molecule has 2 saturated heterocycles. The number of Topliss-reactive ketones (excluding diaryl/α,β-unsaturated/α-hetero) is 1. The molecule has 0 N–H and O–H groups in total. The van der Waals surface area contributed by atoms with Crippen molar-refractivity contribution in [1.82, 2.24) is 9.47 Å². The van der Waals surface area contributed by atoms with Crippen LogP contribution in [0.3, 0.4) is 0 Å². The maximum absolute atomic E-state index is 12.9. The number of nitriles is 2. The number of aromatic nitrogens is 1. The van der Waals surface area contributed by atoms with Gasteiger partial charge in [0.25, 0.3) is 0 Å². The zero-order valence-electron chi connectivity index (χ0n) is 14.8. The Morgan fingerprint density at radius 2 is 1.69 bits per heavy atom. The molecule has 1 aromatic heterocycles. The molecule has 3 heterocycles. The lowest BCUT2D eigenvalue weighted by Crippen LogP contribution is -2.34. The van der Waals surface area contributed by atoms with E-state index in [0.29, 0.717) is 35.4 Å². The van der Waals surface area contributed by atoms with E-state index < -0.39 is 0 Å². The molecule has 0 saturated carbocycles. The Kier molecular flexibility index (Phi) is 4.11. The summed E-state index contributed by atoms with van der Waals surface area (Å²) >= 11 is 0. The van der Waals surface area contributed by atoms with Crippen molar-refractivity contribution in [1.29, 1.82) is 10.5 Å². The van der Waals surface area contributed by atoms with Crippen LogP contribution in [0.4, 0.5) is 0 Å². The van der Waals surface area contributed by atoms with Crippen molar-refractivity contribution in [3.05, 3.63) is 52.8 Å². The molecule has 0 unspecified atom stereocenters. The topological polar surface area (TPSA) is 72.8 Å². The number of rotatable bonds is 4. The van der Waals surface area contributed by atoms with Crippen LogP contribution >= 0.6 is 0 Å². The number of fused-ring (bicyclic) bond motifs is 2. The first-order valence-corrected chi connectivity index (χ1v) is 9.04.